The van der Waals surface area contributed by atoms with Gasteiger partial charge in [-0.3, -0.25) is 9.36 Å². The predicted octanol–water partition coefficient (Wildman–Crippen LogP) is 4.62. The Morgan fingerprint density at radius 1 is 1.10 bits per heavy atom. The van der Waals surface area contributed by atoms with Crippen LogP contribution in [0.4, 0.5) is 0 Å². The molecule has 162 valence electrons. The van der Waals surface area contributed by atoms with Gasteiger partial charge in [-0.15, -0.1) is 10.2 Å². The monoisotopic (exact) mass is 456 g/mol. The molecule has 0 radical (unpaired) electrons. The average molecular weight is 457 g/mol. The number of carbonyl (C=O) groups excluding carboxylic acids is 1. The van der Waals surface area contributed by atoms with Crippen LogP contribution in [0.5, 0.6) is 0 Å². The van der Waals surface area contributed by atoms with E-state index in [9.17, 15) is 4.79 Å². The molecule has 0 bridgehead atoms. The number of carbonyl (C=O) groups is 1. The summed E-state index contributed by atoms with van der Waals surface area (Å²) in [5.74, 6) is 1.10. The third-order valence-electron chi connectivity index (χ3n) is 5.19. The number of nitrogens with zero attached hydrogens (tertiary/aromatic N) is 4. The van der Waals surface area contributed by atoms with Crippen LogP contribution in [0.2, 0.25) is 5.02 Å². The van der Waals surface area contributed by atoms with Gasteiger partial charge >= 0.3 is 0 Å². The van der Waals surface area contributed by atoms with Crippen LogP contribution in [0.15, 0.2) is 53.7 Å². The molecule has 8 heteroatoms. The Labute approximate surface area is 191 Å². The van der Waals surface area contributed by atoms with Crippen molar-refractivity contribution in [3.8, 4) is 17.1 Å². The van der Waals surface area contributed by atoms with E-state index in [-0.39, 0.29) is 18.1 Å². The number of rotatable bonds is 5. The lowest BCUT2D eigenvalue weighted by molar-refractivity contribution is -0.140. The first kappa shape index (κ1) is 21.9. The normalized spacial score (nSPS) is 18.9. The van der Waals surface area contributed by atoms with E-state index >= 15 is 0 Å². The number of hydrogen-bond acceptors (Lipinski definition) is 5. The molecule has 6 nitrogen and oxygen atoms in total. The van der Waals surface area contributed by atoms with Gasteiger partial charge in [-0.2, -0.15) is 0 Å². The SMILES string of the molecule is Cc1ccccc1-n1c(SCC(=O)N2CC(C)OC(C)C2)nnc1-c1ccc(Cl)cc1. The Morgan fingerprint density at radius 3 is 2.45 bits per heavy atom. The van der Waals surface area contributed by atoms with Crippen molar-refractivity contribution in [2.45, 2.75) is 38.1 Å². The molecule has 1 aliphatic heterocycles. The summed E-state index contributed by atoms with van der Waals surface area (Å²) in [4.78, 5) is 14.7. The molecule has 2 heterocycles. The van der Waals surface area contributed by atoms with Gasteiger partial charge in [0.05, 0.1) is 23.6 Å². The standard InChI is InChI=1S/C23H25ClN4O2S/c1-15-6-4-5-7-20(15)28-22(18-8-10-19(24)11-9-18)25-26-23(28)31-14-21(29)27-12-16(2)30-17(3)13-27/h4-11,16-17H,12-14H2,1-3H3. The molecule has 2 atom stereocenters. The van der Waals surface area contributed by atoms with E-state index in [2.05, 4.69) is 23.2 Å². The van der Waals surface area contributed by atoms with Gasteiger partial charge in [-0.1, -0.05) is 41.6 Å². The second-order valence-electron chi connectivity index (χ2n) is 7.78. The number of thioether (sulfide) groups is 1. The quantitative estimate of drug-likeness (QED) is 0.524. The zero-order chi connectivity index (χ0) is 22.0. The highest BCUT2D eigenvalue weighted by atomic mass is 35.5. The van der Waals surface area contributed by atoms with Crippen molar-refractivity contribution < 1.29 is 9.53 Å². The molecule has 1 saturated heterocycles. The van der Waals surface area contributed by atoms with Crippen LogP contribution in [-0.4, -0.2) is 56.6 Å². The lowest BCUT2D eigenvalue weighted by Crippen LogP contribution is -2.48. The molecule has 2 aromatic carbocycles. The van der Waals surface area contributed by atoms with Gasteiger partial charge in [-0.05, 0) is 56.7 Å². The lowest BCUT2D eigenvalue weighted by Gasteiger charge is -2.35. The summed E-state index contributed by atoms with van der Waals surface area (Å²) in [7, 11) is 0. The molecule has 0 N–H and O–H groups in total. The first-order valence-electron chi connectivity index (χ1n) is 10.3. The first-order valence-corrected chi connectivity index (χ1v) is 11.6. The maximum absolute atomic E-state index is 12.9. The van der Waals surface area contributed by atoms with Crippen LogP contribution in [0.25, 0.3) is 17.1 Å². The highest BCUT2D eigenvalue weighted by Crippen LogP contribution is 2.30. The van der Waals surface area contributed by atoms with E-state index < -0.39 is 0 Å². The minimum absolute atomic E-state index is 0.0461. The number of morpholine rings is 1. The summed E-state index contributed by atoms with van der Waals surface area (Å²) in [6, 6.07) is 15.6. The van der Waals surface area contributed by atoms with E-state index in [0.29, 0.717) is 29.0 Å². The third-order valence-corrected chi connectivity index (χ3v) is 6.35. The van der Waals surface area contributed by atoms with Crippen molar-refractivity contribution in [3.05, 3.63) is 59.1 Å². The van der Waals surface area contributed by atoms with E-state index in [4.69, 9.17) is 16.3 Å². The molecule has 1 fully saturated rings. The Bertz CT molecular complexity index is 1060. The predicted molar refractivity (Wildman–Crippen MR) is 124 cm³/mol. The van der Waals surface area contributed by atoms with Crippen LogP contribution in [0.3, 0.4) is 0 Å². The van der Waals surface area contributed by atoms with Gasteiger partial charge in [0.15, 0.2) is 11.0 Å². The number of halogens is 1. The number of benzene rings is 2. The fraction of sp³-hybridized carbons (Fsp3) is 0.348. The summed E-state index contributed by atoms with van der Waals surface area (Å²) in [5.41, 5.74) is 3.00. The molecule has 2 unspecified atom stereocenters. The third kappa shape index (κ3) is 4.95. The molecule has 1 aromatic heterocycles. The van der Waals surface area contributed by atoms with Crippen LogP contribution < -0.4 is 0 Å². The van der Waals surface area contributed by atoms with Gasteiger partial charge in [0.1, 0.15) is 0 Å². The van der Waals surface area contributed by atoms with Crippen molar-refractivity contribution in [2.24, 2.45) is 0 Å². The molecule has 0 saturated carbocycles. The molecule has 0 aliphatic carbocycles. The van der Waals surface area contributed by atoms with Crippen LogP contribution >= 0.6 is 23.4 Å². The zero-order valence-corrected chi connectivity index (χ0v) is 19.4. The van der Waals surface area contributed by atoms with Crippen molar-refractivity contribution in [1.82, 2.24) is 19.7 Å². The van der Waals surface area contributed by atoms with Gasteiger partial charge < -0.3 is 9.64 Å². The molecule has 1 aliphatic rings. The summed E-state index contributed by atoms with van der Waals surface area (Å²) in [6.45, 7) is 7.28. The number of hydrogen-bond donors (Lipinski definition) is 0. The molecule has 1 amide bonds. The zero-order valence-electron chi connectivity index (χ0n) is 17.8. The van der Waals surface area contributed by atoms with Crippen LogP contribution in [0.1, 0.15) is 19.4 Å². The van der Waals surface area contributed by atoms with E-state index in [1.807, 2.05) is 65.8 Å². The molecule has 31 heavy (non-hydrogen) atoms. The van der Waals surface area contributed by atoms with Gasteiger partial charge in [0.25, 0.3) is 0 Å². The highest BCUT2D eigenvalue weighted by Gasteiger charge is 2.26. The van der Waals surface area contributed by atoms with E-state index in [1.54, 1.807) is 0 Å². The smallest absolute Gasteiger partial charge is 0.233 e. The molecular formula is C23H25ClN4O2S. The van der Waals surface area contributed by atoms with E-state index in [1.165, 1.54) is 11.8 Å². The molecule has 4 rings (SSSR count). The minimum atomic E-state index is 0.0461. The van der Waals surface area contributed by atoms with Crippen molar-refractivity contribution >= 4 is 29.3 Å². The lowest BCUT2D eigenvalue weighted by atomic mass is 10.1. The van der Waals surface area contributed by atoms with Crippen molar-refractivity contribution in [2.75, 3.05) is 18.8 Å². The topological polar surface area (TPSA) is 60.2 Å². The van der Waals surface area contributed by atoms with Crippen molar-refractivity contribution in [1.29, 1.82) is 0 Å². The average Bonchev–Trinajstić information content (AvgIpc) is 3.16. The molecule has 0 spiro atoms. The largest absolute Gasteiger partial charge is 0.372 e. The maximum Gasteiger partial charge on any atom is 0.233 e. The molecule has 3 aromatic rings. The Morgan fingerprint density at radius 2 is 1.77 bits per heavy atom. The van der Waals surface area contributed by atoms with E-state index in [0.717, 1.165) is 22.6 Å². The van der Waals surface area contributed by atoms with Gasteiger partial charge in [0.2, 0.25) is 5.91 Å². The maximum atomic E-state index is 12.9. The minimum Gasteiger partial charge on any atom is -0.372 e. The Kier molecular flexibility index (Phi) is 6.65. The number of para-hydroxylation sites is 1. The summed E-state index contributed by atoms with van der Waals surface area (Å²) in [6.07, 6.45) is 0.0923. The summed E-state index contributed by atoms with van der Waals surface area (Å²) in [5, 5.41) is 10.2. The van der Waals surface area contributed by atoms with Gasteiger partial charge in [0, 0.05) is 23.7 Å². The summed E-state index contributed by atoms with van der Waals surface area (Å²) >= 11 is 7.47. The fourth-order valence-corrected chi connectivity index (χ4v) is 4.75. The fourth-order valence-electron chi connectivity index (χ4n) is 3.78. The number of aromatic nitrogens is 3. The highest BCUT2D eigenvalue weighted by molar-refractivity contribution is 7.99. The second-order valence-corrected chi connectivity index (χ2v) is 9.16. The number of amides is 1. The second kappa shape index (κ2) is 9.42. The van der Waals surface area contributed by atoms with Gasteiger partial charge in [-0.25, -0.2) is 0 Å². The Balaban J connectivity index is 1.63. The van der Waals surface area contributed by atoms with Crippen LogP contribution in [0, 0.1) is 6.92 Å². The van der Waals surface area contributed by atoms with Crippen molar-refractivity contribution in [3.63, 3.8) is 0 Å². The number of aryl methyl sites for hydroxylation is 1. The summed E-state index contributed by atoms with van der Waals surface area (Å²) < 4.78 is 7.76. The molecular weight excluding hydrogens is 432 g/mol. The first-order chi connectivity index (χ1) is 14.9. The number of ether oxygens (including phenoxy) is 1. The Hall–Kier alpha value is -2.35. The van der Waals surface area contributed by atoms with Crippen LogP contribution in [-0.2, 0) is 9.53 Å².